The summed E-state index contributed by atoms with van der Waals surface area (Å²) in [6.45, 7) is 13.3. The first-order valence-electron chi connectivity index (χ1n) is 8.13. The zero-order chi connectivity index (χ0) is 16.8. The van der Waals surface area contributed by atoms with Gasteiger partial charge >= 0.3 is 0 Å². The Morgan fingerprint density at radius 1 is 0.652 bits per heavy atom. The number of aromatic nitrogens is 3. The molecule has 0 unspecified atom stereocenters. The molecule has 3 heteroatoms. The van der Waals surface area contributed by atoms with Gasteiger partial charge in [0.25, 0.3) is 0 Å². The van der Waals surface area contributed by atoms with E-state index in [9.17, 15) is 0 Å². The summed E-state index contributed by atoms with van der Waals surface area (Å²) in [6.07, 6.45) is 0. The highest BCUT2D eigenvalue weighted by molar-refractivity contribution is 5.75. The molecule has 0 saturated heterocycles. The van der Waals surface area contributed by atoms with Crippen LogP contribution < -0.4 is 0 Å². The fraction of sp³-hybridized carbons (Fsp3) is 0.400. The molecule has 1 aromatic heterocycles. The van der Waals surface area contributed by atoms with E-state index in [0.29, 0.717) is 0 Å². The van der Waals surface area contributed by atoms with Crippen molar-refractivity contribution in [2.75, 3.05) is 0 Å². The third kappa shape index (κ3) is 3.14. The lowest BCUT2D eigenvalue weighted by Crippen LogP contribution is -2.11. The normalized spacial score (nSPS) is 12.8. The van der Waals surface area contributed by atoms with Gasteiger partial charge in [0.05, 0.1) is 5.69 Å². The van der Waals surface area contributed by atoms with Gasteiger partial charge in [0.2, 0.25) is 0 Å². The van der Waals surface area contributed by atoms with Crippen LogP contribution in [0.5, 0.6) is 0 Å². The van der Waals surface area contributed by atoms with Crippen molar-refractivity contribution in [3.63, 3.8) is 0 Å². The van der Waals surface area contributed by atoms with E-state index in [1.807, 2.05) is 0 Å². The summed E-state index contributed by atoms with van der Waals surface area (Å²) in [6, 6.07) is 14.8. The first kappa shape index (κ1) is 15.7. The van der Waals surface area contributed by atoms with Crippen molar-refractivity contribution in [3.05, 3.63) is 53.6 Å². The Morgan fingerprint density at radius 3 is 1.74 bits per heavy atom. The molecule has 0 spiro atoms. The SMILES string of the molecule is CC(C)(C)c1ccc(-n2nc3ccc(C(C)(C)C)cc3n2)cc1. The van der Waals surface area contributed by atoms with Gasteiger partial charge in [0.15, 0.2) is 0 Å². The van der Waals surface area contributed by atoms with Crippen LogP contribution in [0.2, 0.25) is 0 Å². The van der Waals surface area contributed by atoms with Crippen LogP contribution in [0, 0.1) is 0 Å². The van der Waals surface area contributed by atoms with Crippen molar-refractivity contribution < 1.29 is 0 Å². The second-order valence-electron chi connectivity index (χ2n) is 8.24. The van der Waals surface area contributed by atoms with Crippen molar-refractivity contribution in [1.82, 2.24) is 15.0 Å². The van der Waals surface area contributed by atoms with Gasteiger partial charge in [-0.25, -0.2) is 0 Å². The molecule has 3 nitrogen and oxygen atoms in total. The third-order valence-corrected chi connectivity index (χ3v) is 4.21. The van der Waals surface area contributed by atoms with Gasteiger partial charge in [0, 0.05) is 0 Å². The van der Waals surface area contributed by atoms with Crippen LogP contribution in [-0.4, -0.2) is 15.0 Å². The maximum absolute atomic E-state index is 4.65. The number of nitrogens with zero attached hydrogens (tertiary/aromatic N) is 3. The molecule has 0 aliphatic heterocycles. The van der Waals surface area contributed by atoms with Gasteiger partial charge in [-0.2, -0.15) is 4.80 Å². The van der Waals surface area contributed by atoms with Crippen molar-refractivity contribution in [1.29, 1.82) is 0 Å². The fourth-order valence-corrected chi connectivity index (χ4v) is 2.59. The molecular formula is C20H25N3. The quantitative estimate of drug-likeness (QED) is 0.632. The predicted octanol–water partition coefficient (Wildman–Crippen LogP) is 5.02. The molecule has 3 rings (SSSR count). The number of fused-ring (bicyclic) bond motifs is 1. The molecule has 0 aliphatic rings. The Hall–Kier alpha value is -2.16. The predicted molar refractivity (Wildman–Crippen MR) is 96.3 cm³/mol. The largest absolute Gasteiger partial charge is 0.150 e. The Kier molecular flexibility index (Phi) is 3.55. The fourth-order valence-electron chi connectivity index (χ4n) is 2.59. The Morgan fingerprint density at radius 2 is 1.17 bits per heavy atom. The minimum absolute atomic E-state index is 0.117. The number of rotatable bonds is 1. The van der Waals surface area contributed by atoms with E-state index in [1.54, 1.807) is 4.80 Å². The summed E-state index contributed by atoms with van der Waals surface area (Å²) >= 11 is 0. The molecule has 0 N–H and O–H groups in total. The molecule has 0 fully saturated rings. The molecule has 2 aromatic carbocycles. The van der Waals surface area contributed by atoms with E-state index in [2.05, 4.69) is 94.2 Å². The molecule has 120 valence electrons. The van der Waals surface area contributed by atoms with Crippen molar-refractivity contribution in [2.45, 2.75) is 52.4 Å². The Balaban J connectivity index is 2.00. The molecule has 23 heavy (non-hydrogen) atoms. The molecular weight excluding hydrogens is 282 g/mol. The molecule has 0 aliphatic carbocycles. The maximum atomic E-state index is 4.65. The van der Waals surface area contributed by atoms with Gasteiger partial charge in [0.1, 0.15) is 11.0 Å². The van der Waals surface area contributed by atoms with E-state index in [4.69, 9.17) is 0 Å². The summed E-state index contributed by atoms with van der Waals surface area (Å²) in [5, 5.41) is 9.26. The number of benzene rings is 2. The van der Waals surface area contributed by atoms with Crippen LogP contribution in [0.25, 0.3) is 16.7 Å². The average Bonchev–Trinajstić information content (AvgIpc) is 2.88. The third-order valence-electron chi connectivity index (χ3n) is 4.21. The van der Waals surface area contributed by atoms with Gasteiger partial charge in [-0.1, -0.05) is 59.7 Å². The molecule has 0 atom stereocenters. The van der Waals surface area contributed by atoms with E-state index in [0.717, 1.165) is 16.7 Å². The van der Waals surface area contributed by atoms with Crippen LogP contribution in [0.4, 0.5) is 0 Å². The lowest BCUT2D eigenvalue weighted by Gasteiger charge is -2.18. The van der Waals surface area contributed by atoms with Crippen LogP contribution in [0.15, 0.2) is 42.5 Å². The number of hydrogen-bond acceptors (Lipinski definition) is 2. The minimum Gasteiger partial charge on any atom is -0.150 e. The van der Waals surface area contributed by atoms with E-state index in [-0.39, 0.29) is 10.8 Å². The molecule has 3 aromatic rings. The molecule has 0 bridgehead atoms. The zero-order valence-electron chi connectivity index (χ0n) is 14.9. The highest BCUT2D eigenvalue weighted by Gasteiger charge is 2.16. The van der Waals surface area contributed by atoms with Gasteiger partial charge < -0.3 is 0 Å². The average molecular weight is 307 g/mol. The van der Waals surface area contributed by atoms with Crippen LogP contribution >= 0.6 is 0 Å². The van der Waals surface area contributed by atoms with Gasteiger partial charge in [-0.3, -0.25) is 0 Å². The number of hydrogen-bond donors (Lipinski definition) is 0. The zero-order valence-corrected chi connectivity index (χ0v) is 14.9. The second kappa shape index (κ2) is 5.19. The highest BCUT2D eigenvalue weighted by atomic mass is 15.5. The summed E-state index contributed by atoms with van der Waals surface area (Å²) < 4.78 is 0. The summed E-state index contributed by atoms with van der Waals surface area (Å²) in [4.78, 5) is 1.73. The molecule has 1 heterocycles. The Labute approximate surface area is 138 Å². The smallest absolute Gasteiger partial charge is 0.113 e. The molecule has 0 radical (unpaired) electrons. The minimum atomic E-state index is 0.117. The van der Waals surface area contributed by atoms with E-state index in [1.165, 1.54) is 11.1 Å². The lowest BCUT2D eigenvalue weighted by atomic mass is 9.87. The van der Waals surface area contributed by atoms with Crippen LogP contribution in [-0.2, 0) is 10.8 Å². The van der Waals surface area contributed by atoms with Gasteiger partial charge in [-0.05, 0) is 46.2 Å². The van der Waals surface area contributed by atoms with Crippen LogP contribution in [0.1, 0.15) is 52.7 Å². The summed E-state index contributed by atoms with van der Waals surface area (Å²) in [5.74, 6) is 0. The second-order valence-corrected chi connectivity index (χ2v) is 8.24. The van der Waals surface area contributed by atoms with Crippen molar-refractivity contribution >= 4 is 11.0 Å². The first-order valence-corrected chi connectivity index (χ1v) is 8.13. The summed E-state index contributed by atoms with van der Waals surface area (Å²) in [5.41, 5.74) is 5.73. The topological polar surface area (TPSA) is 30.7 Å². The van der Waals surface area contributed by atoms with Crippen molar-refractivity contribution in [3.8, 4) is 5.69 Å². The van der Waals surface area contributed by atoms with Gasteiger partial charge in [-0.15, -0.1) is 10.2 Å². The Bertz CT molecular complexity index is 828. The molecule has 0 amide bonds. The maximum Gasteiger partial charge on any atom is 0.113 e. The standard InChI is InChI=1S/C20H25N3/c1-19(2,3)14-7-10-16(11-8-14)23-21-17-12-9-15(20(4,5)6)13-18(17)22-23/h7-13H,1-6H3. The van der Waals surface area contributed by atoms with E-state index >= 15 is 0 Å². The molecule has 0 saturated carbocycles. The van der Waals surface area contributed by atoms with Crippen LogP contribution in [0.3, 0.4) is 0 Å². The van der Waals surface area contributed by atoms with Crippen molar-refractivity contribution in [2.24, 2.45) is 0 Å². The monoisotopic (exact) mass is 307 g/mol. The highest BCUT2D eigenvalue weighted by Crippen LogP contribution is 2.26. The lowest BCUT2D eigenvalue weighted by molar-refractivity contribution is 0.589. The van der Waals surface area contributed by atoms with E-state index < -0.39 is 0 Å². The summed E-state index contributed by atoms with van der Waals surface area (Å²) in [7, 11) is 0. The first-order chi connectivity index (χ1) is 10.6.